The van der Waals surface area contributed by atoms with E-state index in [9.17, 15) is 39.0 Å². The topological polar surface area (TPSA) is 189 Å². The van der Waals surface area contributed by atoms with Crippen LogP contribution in [0.25, 0.3) is 0 Å². The molecule has 0 atom stereocenters. The van der Waals surface area contributed by atoms with Gasteiger partial charge >= 0.3 is 23.9 Å². The fraction of sp³-hybridized carbons (Fsp3) is 0.600. The second-order valence-electron chi connectivity index (χ2n) is 8.02. The summed E-state index contributed by atoms with van der Waals surface area (Å²) in [4.78, 5) is 80.5. The van der Waals surface area contributed by atoms with Crippen LogP contribution in [0.15, 0.2) is 12.4 Å². The number of rotatable bonds is 9. The standard InChI is InChI=1S/C20H29N5O10/c26-15-1-2-16(27)25(15)35-20(34)14-24-9-7-22(12-18(30)31)5-3-21(11-17(28)29)4-6-23(8-10-24)13-19(32)33/h3,5H,1-2,4,6-14H2,(H,28,29)(H,30,31)(H,32,33)/b5-3-. The van der Waals surface area contributed by atoms with Crippen LogP contribution in [-0.4, -0.2) is 141 Å². The van der Waals surface area contributed by atoms with Gasteiger partial charge in [0.2, 0.25) is 0 Å². The fourth-order valence-corrected chi connectivity index (χ4v) is 3.47. The maximum Gasteiger partial charge on any atom is 0.347 e. The molecule has 2 aliphatic heterocycles. The minimum absolute atomic E-state index is 0.0463. The van der Waals surface area contributed by atoms with Crippen LogP contribution in [0.4, 0.5) is 0 Å². The van der Waals surface area contributed by atoms with E-state index >= 15 is 0 Å². The highest BCUT2D eigenvalue weighted by atomic mass is 16.7. The zero-order valence-electron chi connectivity index (χ0n) is 19.1. The van der Waals surface area contributed by atoms with Gasteiger partial charge in [-0.3, -0.25) is 33.8 Å². The van der Waals surface area contributed by atoms with E-state index in [0.29, 0.717) is 5.06 Å². The lowest BCUT2D eigenvalue weighted by atomic mass is 10.3. The summed E-state index contributed by atoms with van der Waals surface area (Å²) in [7, 11) is 0. The molecule has 1 fully saturated rings. The maximum absolute atomic E-state index is 12.4. The molecular formula is C20H29N5O10. The number of carbonyl (C=O) groups excluding carboxylic acids is 3. The summed E-state index contributed by atoms with van der Waals surface area (Å²) < 4.78 is 0. The van der Waals surface area contributed by atoms with Crippen molar-refractivity contribution in [3.05, 3.63) is 12.4 Å². The summed E-state index contributed by atoms with van der Waals surface area (Å²) >= 11 is 0. The molecule has 0 aromatic heterocycles. The molecule has 0 unspecified atom stereocenters. The molecular weight excluding hydrogens is 470 g/mol. The van der Waals surface area contributed by atoms with Gasteiger partial charge in [0.05, 0.1) is 13.1 Å². The van der Waals surface area contributed by atoms with Crippen LogP contribution >= 0.6 is 0 Å². The van der Waals surface area contributed by atoms with Crippen molar-refractivity contribution < 1.29 is 48.9 Å². The summed E-state index contributed by atoms with van der Waals surface area (Å²) in [6.45, 7) is -0.332. The Labute approximate surface area is 200 Å². The number of carbonyl (C=O) groups is 6. The largest absolute Gasteiger partial charge is 0.480 e. The number of carboxylic acid groups (broad SMARTS) is 3. The first-order valence-electron chi connectivity index (χ1n) is 10.9. The Morgan fingerprint density at radius 3 is 1.49 bits per heavy atom. The molecule has 2 rings (SSSR count). The summed E-state index contributed by atoms with van der Waals surface area (Å²) in [6.07, 6.45) is 2.77. The van der Waals surface area contributed by atoms with Crippen LogP contribution in [0, 0.1) is 0 Å². The summed E-state index contributed by atoms with van der Waals surface area (Å²) in [5.41, 5.74) is 0. The Balaban J connectivity index is 2.16. The van der Waals surface area contributed by atoms with E-state index in [2.05, 4.69) is 0 Å². The van der Waals surface area contributed by atoms with Crippen LogP contribution in [0.2, 0.25) is 0 Å². The van der Waals surface area contributed by atoms with E-state index in [4.69, 9.17) is 9.94 Å². The lowest BCUT2D eigenvalue weighted by Crippen LogP contribution is -2.46. The highest BCUT2D eigenvalue weighted by molar-refractivity contribution is 6.01. The van der Waals surface area contributed by atoms with Crippen molar-refractivity contribution in [2.75, 3.05) is 65.4 Å². The van der Waals surface area contributed by atoms with Crippen LogP contribution in [0.5, 0.6) is 0 Å². The Kier molecular flexibility index (Phi) is 10.4. The molecule has 0 aromatic rings. The van der Waals surface area contributed by atoms with Crippen molar-refractivity contribution in [3.63, 3.8) is 0 Å². The van der Waals surface area contributed by atoms with Gasteiger partial charge in [0, 0.05) is 64.5 Å². The third-order valence-corrected chi connectivity index (χ3v) is 5.21. The van der Waals surface area contributed by atoms with Gasteiger partial charge in [-0.1, -0.05) is 0 Å². The first kappa shape index (κ1) is 27.5. The van der Waals surface area contributed by atoms with Crippen LogP contribution in [0.3, 0.4) is 0 Å². The lowest BCUT2D eigenvalue weighted by Gasteiger charge is -2.31. The minimum Gasteiger partial charge on any atom is -0.480 e. The molecule has 194 valence electrons. The second kappa shape index (κ2) is 13.2. The van der Waals surface area contributed by atoms with E-state index in [1.165, 1.54) is 22.2 Å². The number of nitrogens with zero attached hydrogens (tertiary/aromatic N) is 5. The van der Waals surface area contributed by atoms with Gasteiger partial charge in [0.15, 0.2) is 0 Å². The summed E-state index contributed by atoms with van der Waals surface area (Å²) in [5.74, 6) is -5.39. The molecule has 0 spiro atoms. The molecule has 0 radical (unpaired) electrons. The van der Waals surface area contributed by atoms with Crippen molar-refractivity contribution >= 4 is 35.7 Å². The van der Waals surface area contributed by atoms with Gasteiger partial charge < -0.3 is 30.0 Å². The first-order valence-corrected chi connectivity index (χ1v) is 10.9. The molecule has 0 bridgehead atoms. The molecule has 0 aromatic carbocycles. The van der Waals surface area contributed by atoms with Gasteiger partial charge in [0.25, 0.3) is 11.8 Å². The molecule has 0 saturated carbocycles. The molecule has 2 amide bonds. The van der Waals surface area contributed by atoms with Crippen LogP contribution in [0.1, 0.15) is 12.8 Å². The van der Waals surface area contributed by atoms with E-state index in [-0.39, 0.29) is 78.3 Å². The Bertz CT molecular complexity index is 847. The molecule has 2 heterocycles. The van der Waals surface area contributed by atoms with Crippen LogP contribution in [-0.2, 0) is 33.6 Å². The molecule has 1 saturated heterocycles. The van der Waals surface area contributed by atoms with Crippen molar-refractivity contribution in [3.8, 4) is 0 Å². The number of hydrogen-bond donors (Lipinski definition) is 3. The van der Waals surface area contributed by atoms with E-state index in [0.717, 1.165) is 0 Å². The van der Waals surface area contributed by atoms with Crippen molar-refractivity contribution in [2.24, 2.45) is 0 Å². The number of hydrogen-bond acceptors (Lipinski definition) is 11. The SMILES string of the molecule is O=C(O)CN1/C=C\N(CC(=O)O)CCN(CC(=O)ON2C(=O)CCC2=O)CCN(CC(=O)O)CC1. The highest BCUT2D eigenvalue weighted by Crippen LogP contribution is 2.12. The lowest BCUT2D eigenvalue weighted by molar-refractivity contribution is -0.198. The second-order valence-corrected chi connectivity index (χ2v) is 8.02. The number of hydroxylamine groups is 2. The van der Waals surface area contributed by atoms with Crippen molar-refractivity contribution in [1.29, 1.82) is 0 Å². The molecule has 2 aliphatic rings. The van der Waals surface area contributed by atoms with Crippen molar-refractivity contribution in [1.82, 2.24) is 24.7 Å². The van der Waals surface area contributed by atoms with Gasteiger partial charge in [0.1, 0.15) is 13.1 Å². The van der Waals surface area contributed by atoms with Crippen molar-refractivity contribution in [2.45, 2.75) is 12.8 Å². The number of amides is 2. The Morgan fingerprint density at radius 1 is 0.657 bits per heavy atom. The fourth-order valence-electron chi connectivity index (χ4n) is 3.47. The summed E-state index contributed by atoms with van der Waals surface area (Å²) in [5, 5.41) is 28.0. The molecule has 35 heavy (non-hydrogen) atoms. The predicted molar refractivity (Wildman–Crippen MR) is 115 cm³/mol. The zero-order valence-corrected chi connectivity index (χ0v) is 19.1. The zero-order chi connectivity index (χ0) is 26.0. The molecule has 15 heteroatoms. The minimum atomic E-state index is -1.11. The highest BCUT2D eigenvalue weighted by Gasteiger charge is 2.33. The third-order valence-electron chi connectivity index (χ3n) is 5.21. The van der Waals surface area contributed by atoms with E-state index in [1.807, 2.05) is 0 Å². The monoisotopic (exact) mass is 499 g/mol. The quantitative estimate of drug-likeness (QED) is 0.283. The Morgan fingerprint density at radius 2 is 1.06 bits per heavy atom. The predicted octanol–water partition coefficient (Wildman–Crippen LogP) is -2.46. The van der Waals surface area contributed by atoms with Gasteiger partial charge in [-0.05, 0) is 0 Å². The smallest absolute Gasteiger partial charge is 0.347 e. The molecule has 3 N–H and O–H groups in total. The average Bonchev–Trinajstić information content (AvgIpc) is 3.06. The number of carboxylic acids is 3. The number of imide groups is 1. The van der Waals surface area contributed by atoms with E-state index in [1.54, 1.807) is 9.80 Å². The Hall–Kier alpha value is -3.72. The summed E-state index contributed by atoms with van der Waals surface area (Å²) in [6, 6.07) is 0. The average molecular weight is 499 g/mol. The van der Waals surface area contributed by atoms with Gasteiger partial charge in [-0.2, -0.15) is 0 Å². The molecule has 15 nitrogen and oxygen atoms in total. The normalized spacial score (nSPS) is 19.7. The third kappa shape index (κ3) is 9.97. The maximum atomic E-state index is 12.4. The first-order chi connectivity index (χ1) is 16.5. The molecule has 0 aliphatic carbocycles. The number of aliphatic carboxylic acids is 3. The van der Waals surface area contributed by atoms with Crippen LogP contribution < -0.4 is 0 Å². The van der Waals surface area contributed by atoms with Gasteiger partial charge in [-0.25, -0.2) is 4.79 Å². The van der Waals surface area contributed by atoms with Gasteiger partial charge in [-0.15, -0.1) is 5.06 Å². The van der Waals surface area contributed by atoms with E-state index < -0.39 is 35.7 Å².